The number of hydrogen-bond acceptors (Lipinski definition) is 6. The Morgan fingerprint density at radius 2 is 2.20 bits per heavy atom. The van der Waals surface area contributed by atoms with Crippen molar-refractivity contribution in [1.82, 2.24) is 24.0 Å². The molecule has 1 saturated heterocycles. The van der Waals surface area contributed by atoms with Crippen molar-refractivity contribution < 1.29 is 13.5 Å². The van der Waals surface area contributed by atoms with Crippen molar-refractivity contribution in [3.8, 4) is 0 Å². The van der Waals surface area contributed by atoms with E-state index in [4.69, 9.17) is 10.5 Å². The highest BCUT2D eigenvalue weighted by molar-refractivity contribution is 5.23. The number of nitrogens with zero attached hydrogens (tertiary/aromatic N) is 5. The number of ether oxygens (including phenoxy) is 1. The van der Waals surface area contributed by atoms with Crippen LogP contribution in [0.3, 0.4) is 0 Å². The molecule has 4 heterocycles. The summed E-state index contributed by atoms with van der Waals surface area (Å²) >= 11 is 0. The lowest BCUT2D eigenvalue weighted by molar-refractivity contribution is -0.119. The Morgan fingerprint density at radius 1 is 1.36 bits per heavy atom. The van der Waals surface area contributed by atoms with Crippen LogP contribution in [0.4, 0.5) is 14.6 Å². The van der Waals surface area contributed by atoms with E-state index in [1.54, 1.807) is 6.20 Å². The van der Waals surface area contributed by atoms with Crippen molar-refractivity contribution >= 4 is 5.82 Å². The van der Waals surface area contributed by atoms with Crippen molar-refractivity contribution in [2.75, 3.05) is 18.8 Å². The van der Waals surface area contributed by atoms with E-state index in [1.165, 1.54) is 12.3 Å². The molecular weight excluding hydrogens is 334 g/mol. The van der Waals surface area contributed by atoms with Crippen LogP contribution in [0, 0.1) is 0 Å². The van der Waals surface area contributed by atoms with Crippen molar-refractivity contribution in [1.29, 1.82) is 0 Å². The van der Waals surface area contributed by atoms with Crippen LogP contribution in [0.5, 0.6) is 0 Å². The van der Waals surface area contributed by atoms with Gasteiger partial charge < -0.3 is 15.0 Å². The summed E-state index contributed by atoms with van der Waals surface area (Å²) < 4.78 is 37.1. The van der Waals surface area contributed by atoms with E-state index in [9.17, 15) is 13.6 Å². The van der Waals surface area contributed by atoms with Crippen molar-refractivity contribution in [2.45, 2.75) is 37.8 Å². The molecule has 25 heavy (non-hydrogen) atoms. The van der Waals surface area contributed by atoms with Gasteiger partial charge in [0.2, 0.25) is 6.23 Å². The SMILES string of the molecule is Nc1ccn([C@@H]2O[C@H](CN3CCn4ccnc4C3)CC2(F)F)c(=O)n1. The monoisotopic (exact) mass is 352 g/mol. The van der Waals surface area contributed by atoms with Gasteiger partial charge >= 0.3 is 5.69 Å². The maximum atomic E-state index is 14.4. The fourth-order valence-corrected chi connectivity index (χ4v) is 3.38. The standard InChI is InChI=1S/C15H18F2N6O2/c16-15(17)7-10(8-21-5-6-22-4-2-19-12(22)9-21)25-13(15)23-3-1-11(18)20-14(23)24/h1-4,10,13H,5-9H2,(H2,18,20,24)/t10-,13+/m0/s1. The quantitative estimate of drug-likeness (QED) is 0.863. The van der Waals surface area contributed by atoms with Gasteiger partial charge in [0.1, 0.15) is 11.6 Å². The second-order valence-corrected chi connectivity index (χ2v) is 6.39. The lowest BCUT2D eigenvalue weighted by atomic mass is 10.1. The third-order valence-electron chi connectivity index (χ3n) is 4.57. The Morgan fingerprint density at radius 3 is 3.00 bits per heavy atom. The topological polar surface area (TPSA) is 91.2 Å². The van der Waals surface area contributed by atoms with Crippen molar-refractivity contribution in [2.24, 2.45) is 0 Å². The molecule has 2 aromatic heterocycles. The predicted octanol–water partition coefficient (Wildman–Crippen LogP) is 0.461. The molecule has 134 valence electrons. The molecule has 0 spiro atoms. The molecule has 2 aliphatic heterocycles. The zero-order chi connectivity index (χ0) is 17.6. The normalized spacial score (nSPS) is 25.8. The number of nitrogens with two attached hydrogens (primary N) is 1. The molecule has 10 heteroatoms. The molecule has 0 bridgehead atoms. The Hall–Kier alpha value is -2.33. The Labute approximate surface area is 141 Å². The average Bonchev–Trinajstić information content (AvgIpc) is 3.11. The fourth-order valence-electron chi connectivity index (χ4n) is 3.38. The summed E-state index contributed by atoms with van der Waals surface area (Å²) in [5, 5.41) is 0. The third-order valence-corrected chi connectivity index (χ3v) is 4.57. The van der Waals surface area contributed by atoms with E-state index in [0.717, 1.165) is 23.5 Å². The number of anilines is 1. The summed E-state index contributed by atoms with van der Waals surface area (Å²) in [4.78, 5) is 21.6. The first kappa shape index (κ1) is 16.2. The number of alkyl halides is 2. The molecule has 0 unspecified atom stereocenters. The van der Waals surface area contributed by atoms with Gasteiger partial charge in [-0.1, -0.05) is 0 Å². The first-order valence-corrected chi connectivity index (χ1v) is 8.03. The van der Waals surface area contributed by atoms with Crippen molar-refractivity contribution in [3.63, 3.8) is 0 Å². The van der Waals surface area contributed by atoms with E-state index in [0.29, 0.717) is 13.1 Å². The third kappa shape index (κ3) is 3.02. The molecule has 8 nitrogen and oxygen atoms in total. The summed E-state index contributed by atoms with van der Waals surface area (Å²) in [5.41, 5.74) is 4.57. The molecule has 2 aliphatic rings. The van der Waals surface area contributed by atoms with Crippen LogP contribution in [-0.4, -0.2) is 49.1 Å². The van der Waals surface area contributed by atoms with Gasteiger partial charge in [-0.05, 0) is 6.07 Å². The largest absolute Gasteiger partial charge is 0.383 e. The molecule has 1 fully saturated rings. The second kappa shape index (κ2) is 5.88. The van der Waals surface area contributed by atoms with E-state index in [1.807, 2.05) is 15.7 Å². The van der Waals surface area contributed by atoms with Crippen LogP contribution in [-0.2, 0) is 17.8 Å². The smallest absolute Gasteiger partial charge is 0.351 e. The van der Waals surface area contributed by atoms with Gasteiger partial charge in [-0.2, -0.15) is 4.98 Å². The van der Waals surface area contributed by atoms with Crippen LogP contribution in [0.15, 0.2) is 29.5 Å². The number of halogens is 2. The molecular formula is C15H18F2N6O2. The highest BCUT2D eigenvalue weighted by Crippen LogP contribution is 2.42. The Bertz CT molecular complexity index is 835. The maximum absolute atomic E-state index is 14.4. The number of imidazole rings is 1. The van der Waals surface area contributed by atoms with Crippen LogP contribution >= 0.6 is 0 Å². The minimum Gasteiger partial charge on any atom is -0.383 e. The van der Waals surface area contributed by atoms with Gasteiger partial charge in [0.15, 0.2) is 0 Å². The summed E-state index contributed by atoms with van der Waals surface area (Å²) in [7, 11) is 0. The van der Waals surface area contributed by atoms with E-state index in [2.05, 4.69) is 9.97 Å². The molecule has 4 rings (SSSR count). The maximum Gasteiger partial charge on any atom is 0.351 e. The average molecular weight is 352 g/mol. The lowest BCUT2D eigenvalue weighted by Gasteiger charge is -2.29. The van der Waals surface area contributed by atoms with Gasteiger partial charge in [-0.15, -0.1) is 0 Å². The highest BCUT2D eigenvalue weighted by atomic mass is 19.3. The first-order chi connectivity index (χ1) is 11.9. The predicted molar refractivity (Wildman–Crippen MR) is 83.9 cm³/mol. The molecule has 0 aromatic carbocycles. The minimum atomic E-state index is -3.15. The van der Waals surface area contributed by atoms with Gasteiger partial charge in [0.25, 0.3) is 5.92 Å². The molecule has 0 amide bonds. The fraction of sp³-hybridized carbons (Fsp3) is 0.533. The zero-order valence-electron chi connectivity index (χ0n) is 13.4. The van der Waals surface area contributed by atoms with Gasteiger partial charge in [-0.3, -0.25) is 9.47 Å². The van der Waals surface area contributed by atoms with Crippen LogP contribution in [0.2, 0.25) is 0 Å². The molecule has 0 aliphatic carbocycles. The highest BCUT2D eigenvalue weighted by Gasteiger charge is 2.52. The van der Waals surface area contributed by atoms with Gasteiger partial charge in [0.05, 0.1) is 12.6 Å². The Balaban J connectivity index is 1.48. The summed E-state index contributed by atoms with van der Waals surface area (Å²) in [5.74, 6) is -2.25. The summed E-state index contributed by atoms with van der Waals surface area (Å²) in [6, 6.07) is 1.30. The van der Waals surface area contributed by atoms with E-state index in [-0.39, 0.29) is 5.82 Å². The Kier molecular flexibility index (Phi) is 3.80. The van der Waals surface area contributed by atoms with Crippen molar-refractivity contribution in [3.05, 3.63) is 41.0 Å². The molecule has 2 atom stereocenters. The number of nitrogen functional groups attached to an aromatic ring is 1. The number of rotatable bonds is 3. The van der Waals surface area contributed by atoms with Crippen LogP contribution in [0.25, 0.3) is 0 Å². The first-order valence-electron chi connectivity index (χ1n) is 8.03. The molecule has 0 saturated carbocycles. The number of hydrogen-bond donors (Lipinski definition) is 1. The van der Waals surface area contributed by atoms with Crippen LogP contribution < -0.4 is 11.4 Å². The minimum absolute atomic E-state index is 0.0112. The summed E-state index contributed by atoms with van der Waals surface area (Å²) in [6.07, 6.45) is 2.05. The zero-order valence-corrected chi connectivity index (χ0v) is 13.4. The molecule has 0 radical (unpaired) electrons. The second-order valence-electron chi connectivity index (χ2n) is 6.39. The van der Waals surface area contributed by atoms with E-state index < -0.39 is 30.4 Å². The van der Waals surface area contributed by atoms with E-state index >= 15 is 0 Å². The number of fused-ring (bicyclic) bond motifs is 1. The van der Waals surface area contributed by atoms with Crippen LogP contribution in [0.1, 0.15) is 18.5 Å². The van der Waals surface area contributed by atoms with Gasteiger partial charge in [-0.25, -0.2) is 18.6 Å². The summed E-state index contributed by atoms with van der Waals surface area (Å²) in [6.45, 7) is 2.45. The molecule has 2 aromatic rings. The van der Waals surface area contributed by atoms with Gasteiger partial charge in [0, 0.05) is 44.6 Å². The molecule has 2 N–H and O–H groups in total. The number of aromatic nitrogens is 4. The lowest BCUT2D eigenvalue weighted by Crippen LogP contribution is -2.38.